The molecule has 2 aliphatic heterocycles. The van der Waals surface area contributed by atoms with Crippen molar-refractivity contribution in [2.24, 2.45) is 17.8 Å². The summed E-state index contributed by atoms with van der Waals surface area (Å²) in [7, 11) is 0. The van der Waals surface area contributed by atoms with Crippen LogP contribution in [0.5, 0.6) is 0 Å². The van der Waals surface area contributed by atoms with E-state index in [0.29, 0.717) is 0 Å². The summed E-state index contributed by atoms with van der Waals surface area (Å²) in [4.78, 5) is 8.20. The molecular formula is C24H35N3. The topological polar surface area (TPSA) is 9.72 Å². The lowest BCUT2D eigenvalue weighted by Gasteiger charge is -2.43. The van der Waals surface area contributed by atoms with Crippen LogP contribution in [0.15, 0.2) is 42.5 Å². The van der Waals surface area contributed by atoms with E-state index in [0.717, 1.165) is 30.3 Å². The summed E-state index contributed by atoms with van der Waals surface area (Å²) in [6, 6.07) is 11.8. The van der Waals surface area contributed by atoms with E-state index in [4.69, 9.17) is 0 Å². The van der Waals surface area contributed by atoms with Gasteiger partial charge in [-0.3, -0.25) is 9.80 Å². The molecule has 0 N–H and O–H groups in total. The van der Waals surface area contributed by atoms with Gasteiger partial charge in [-0.05, 0) is 62.1 Å². The Hall–Kier alpha value is -1.16. The van der Waals surface area contributed by atoms with Crippen molar-refractivity contribution in [3.63, 3.8) is 0 Å². The van der Waals surface area contributed by atoms with E-state index < -0.39 is 0 Å². The number of nitrogens with zero attached hydrogens (tertiary/aromatic N) is 3. The van der Waals surface area contributed by atoms with E-state index in [1.807, 2.05) is 0 Å². The first-order valence-corrected chi connectivity index (χ1v) is 11.2. The number of piperidine rings is 1. The SMILES string of the molecule is C1=C[C@H]2C[C@H]1C[C@@H]2CN1CCC(N2CCN(Cc3ccccc3)CC2)CC1. The Bertz CT molecular complexity index is 626. The summed E-state index contributed by atoms with van der Waals surface area (Å²) >= 11 is 0. The van der Waals surface area contributed by atoms with Crippen molar-refractivity contribution in [3.05, 3.63) is 48.0 Å². The Kier molecular flexibility index (Phi) is 5.35. The zero-order valence-corrected chi connectivity index (χ0v) is 16.7. The van der Waals surface area contributed by atoms with Crippen LogP contribution in [-0.4, -0.2) is 66.6 Å². The van der Waals surface area contributed by atoms with Gasteiger partial charge in [0, 0.05) is 45.3 Å². The number of hydrogen-bond donors (Lipinski definition) is 0. The van der Waals surface area contributed by atoms with Crippen molar-refractivity contribution in [2.75, 3.05) is 45.8 Å². The van der Waals surface area contributed by atoms with Crippen molar-refractivity contribution in [1.29, 1.82) is 0 Å². The second-order valence-electron chi connectivity index (χ2n) is 9.37. The lowest BCUT2D eigenvalue weighted by atomic mass is 9.92. The second-order valence-corrected chi connectivity index (χ2v) is 9.37. The van der Waals surface area contributed by atoms with E-state index in [9.17, 15) is 0 Å². The fourth-order valence-electron chi connectivity index (χ4n) is 6.03. The van der Waals surface area contributed by atoms with Crippen molar-refractivity contribution >= 4 is 0 Å². The molecule has 3 heteroatoms. The van der Waals surface area contributed by atoms with E-state index in [2.05, 4.69) is 57.2 Å². The van der Waals surface area contributed by atoms with Crippen molar-refractivity contribution in [3.8, 4) is 0 Å². The van der Waals surface area contributed by atoms with Gasteiger partial charge >= 0.3 is 0 Å². The minimum absolute atomic E-state index is 0.833. The van der Waals surface area contributed by atoms with Gasteiger partial charge in [-0.1, -0.05) is 42.5 Å². The first-order valence-electron chi connectivity index (χ1n) is 11.2. The van der Waals surface area contributed by atoms with E-state index in [1.165, 1.54) is 77.1 Å². The van der Waals surface area contributed by atoms with Crippen LogP contribution in [0.4, 0.5) is 0 Å². The molecule has 3 nitrogen and oxygen atoms in total. The highest BCUT2D eigenvalue weighted by molar-refractivity contribution is 5.14. The van der Waals surface area contributed by atoms with E-state index >= 15 is 0 Å². The van der Waals surface area contributed by atoms with Gasteiger partial charge in [0.25, 0.3) is 0 Å². The number of piperazine rings is 1. The quantitative estimate of drug-likeness (QED) is 0.740. The second kappa shape index (κ2) is 8.06. The smallest absolute Gasteiger partial charge is 0.0234 e. The molecule has 2 heterocycles. The van der Waals surface area contributed by atoms with Gasteiger partial charge in [-0.25, -0.2) is 0 Å². The Morgan fingerprint density at radius 3 is 2.22 bits per heavy atom. The van der Waals surface area contributed by atoms with Gasteiger partial charge in [-0.2, -0.15) is 0 Å². The molecule has 146 valence electrons. The maximum absolute atomic E-state index is 2.79. The molecule has 2 bridgehead atoms. The third-order valence-electron chi connectivity index (χ3n) is 7.64. The molecule has 0 spiro atoms. The Morgan fingerprint density at radius 2 is 1.56 bits per heavy atom. The predicted octanol–water partition coefficient (Wildman–Crippen LogP) is 3.48. The maximum Gasteiger partial charge on any atom is 0.0234 e. The molecule has 27 heavy (non-hydrogen) atoms. The van der Waals surface area contributed by atoms with Crippen LogP contribution in [0, 0.1) is 17.8 Å². The molecule has 5 rings (SSSR count). The number of hydrogen-bond acceptors (Lipinski definition) is 3. The molecule has 1 aromatic rings. The molecular weight excluding hydrogens is 330 g/mol. The number of fused-ring (bicyclic) bond motifs is 2. The van der Waals surface area contributed by atoms with E-state index in [-0.39, 0.29) is 0 Å². The molecule has 1 saturated carbocycles. The third kappa shape index (κ3) is 4.16. The molecule has 0 radical (unpaired) electrons. The minimum Gasteiger partial charge on any atom is -0.303 e. The van der Waals surface area contributed by atoms with Crippen molar-refractivity contribution in [2.45, 2.75) is 38.3 Å². The first kappa shape index (κ1) is 17.9. The van der Waals surface area contributed by atoms with Crippen LogP contribution in [0.1, 0.15) is 31.2 Å². The lowest BCUT2D eigenvalue weighted by Crippen LogP contribution is -2.53. The molecule has 4 aliphatic rings. The molecule has 1 aromatic carbocycles. The van der Waals surface area contributed by atoms with Crippen LogP contribution >= 0.6 is 0 Å². The normalized spacial score (nSPS) is 33.1. The molecule has 2 aliphatic carbocycles. The monoisotopic (exact) mass is 365 g/mol. The van der Waals surface area contributed by atoms with Gasteiger partial charge in [0.05, 0.1) is 0 Å². The van der Waals surface area contributed by atoms with Crippen LogP contribution in [-0.2, 0) is 6.54 Å². The highest BCUT2D eigenvalue weighted by atomic mass is 15.3. The zero-order chi connectivity index (χ0) is 18.1. The van der Waals surface area contributed by atoms with Crippen LogP contribution < -0.4 is 0 Å². The summed E-state index contributed by atoms with van der Waals surface area (Å²) in [5.74, 6) is 2.79. The summed E-state index contributed by atoms with van der Waals surface area (Å²) in [5, 5.41) is 0. The summed E-state index contributed by atoms with van der Waals surface area (Å²) in [6.07, 6.45) is 10.7. The number of allylic oxidation sites excluding steroid dienone is 2. The average molecular weight is 366 g/mol. The molecule has 0 unspecified atom stereocenters. The average Bonchev–Trinajstić information content (AvgIpc) is 3.33. The largest absolute Gasteiger partial charge is 0.303 e. The van der Waals surface area contributed by atoms with Crippen LogP contribution in [0.25, 0.3) is 0 Å². The van der Waals surface area contributed by atoms with E-state index in [1.54, 1.807) is 0 Å². The predicted molar refractivity (Wildman–Crippen MR) is 112 cm³/mol. The fraction of sp³-hybridized carbons (Fsp3) is 0.667. The highest BCUT2D eigenvalue weighted by Gasteiger charge is 2.37. The van der Waals surface area contributed by atoms with Gasteiger partial charge in [0.2, 0.25) is 0 Å². The van der Waals surface area contributed by atoms with Gasteiger partial charge in [-0.15, -0.1) is 0 Å². The van der Waals surface area contributed by atoms with Gasteiger partial charge in [0.15, 0.2) is 0 Å². The number of likely N-dealkylation sites (tertiary alicyclic amines) is 1. The standard InChI is InChI=1S/C24H35N3/c1-2-4-20(5-3-1)18-26-12-14-27(15-13-26)24-8-10-25(11-9-24)19-23-17-21-6-7-22(23)16-21/h1-7,21-24H,8-19H2/t21-,22-,23+/m0/s1. The highest BCUT2D eigenvalue weighted by Crippen LogP contribution is 2.43. The van der Waals surface area contributed by atoms with Crippen molar-refractivity contribution < 1.29 is 0 Å². The zero-order valence-electron chi connectivity index (χ0n) is 16.7. The summed E-state index contributed by atoms with van der Waals surface area (Å²) in [6.45, 7) is 10.1. The van der Waals surface area contributed by atoms with Gasteiger partial charge in [0.1, 0.15) is 0 Å². The first-order chi connectivity index (χ1) is 13.3. The molecule has 3 fully saturated rings. The summed E-state index contributed by atoms with van der Waals surface area (Å²) < 4.78 is 0. The minimum atomic E-state index is 0.833. The lowest BCUT2D eigenvalue weighted by molar-refractivity contribution is 0.0520. The molecule has 0 amide bonds. The summed E-state index contributed by atoms with van der Waals surface area (Å²) in [5.41, 5.74) is 1.45. The third-order valence-corrected chi connectivity index (χ3v) is 7.64. The van der Waals surface area contributed by atoms with Crippen LogP contribution in [0.2, 0.25) is 0 Å². The molecule has 2 saturated heterocycles. The number of benzene rings is 1. The van der Waals surface area contributed by atoms with Crippen LogP contribution in [0.3, 0.4) is 0 Å². The molecule has 0 aromatic heterocycles. The Labute approximate surface area is 165 Å². The Morgan fingerprint density at radius 1 is 0.778 bits per heavy atom. The fourth-order valence-corrected chi connectivity index (χ4v) is 6.03. The van der Waals surface area contributed by atoms with Crippen molar-refractivity contribution in [1.82, 2.24) is 14.7 Å². The van der Waals surface area contributed by atoms with Gasteiger partial charge < -0.3 is 4.90 Å². The molecule has 3 atom stereocenters. The maximum atomic E-state index is 2.79. The Balaban J connectivity index is 1.04. The number of rotatable bonds is 5.